The molecule has 0 fully saturated rings. The van der Waals surface area contributed by atoms with Crippen molar-refractivity contribution in [2.45, 2.75) is 13.3 Å². The molecule has 0 aliphatic carbocycles. The zero-order chi connectivity index (χ0) is 17.6. The minimum Gasteiger partial charge on any atom is -0.493 e. The maximum Gasteiger partial charge on any atom is 0.255 e. The first kappa shape index (κ1) is 17.0. The van der Waals surface area contributed by atoms with Crippen molar-refractivity contribution < 1.29 is 23.7 Å². The zero-order valence-corrected chi connectivity index (χ0v) is 14.3. The van der Waals surface area contributed by atoms with Crippen LogP contribution in [0.4, 0.5) is 5.69 Å². The van der Waals surface area contributed by atoms with E-state index in [-0.39, 0.29) is 5.91 Å². The summed E-state index contributed by atoms with van der Waals surface area (Å²) in [7, 11) is 1.54. The molecule has 1 aliphatic rings. The second kappa shape index (κ2) is 7.79. The van der Waals surface area contributed by atoms with Gasteiger partial charge in [0.25, 0.3) is 5.91 Å². The van der Waals surface area contributed by atoms with E-state index in [2.05, 4.69) is 5.32 Å². The second-order valence-corrected chi connectivity index (χ2v) is 5.46. The highest BCUT2D eigenvalue weighted by Gasteiger charge is 2.14. The summed E-state index contributed by atoms with van der Waals surface area (Å²) < 4.78 is 22.0. The van der Waals surface area contributed by atoms with Gasteiger partial charge in [0.05, 0.1) is 26.9 Å². The number of methoxy groups -OCH3 is 1. The van der Waals surface area contributed by atoms with Gasteiger partial charge in [-0.15, -0.1) is 0 Å². The normalized spacial score (nSPS) is 12.9. The van der Waals surface area contributed by atoms with Crippen LogP contribution in [0.15, 0.2) is 36.4 Å². The fraction of sp³-hybridized carbons (Fsp3) is 0.316. The van der Waals surface area contributed by atoms with Crippen LogP contribution in [0.1, 0.15) is 23.7 Å². The molecule has 0 aromatic heterocycles. The number of benzene rings is 2. The van der Waals surface area contributed by atoms with Crippen molar-refractivity contribution in [2.24, 2.45) is 0 Å². The minimum absolute atomic E-state index is 0.240. The largest absolute Gasteiger partial charge is 0.493 e. The number of ether oxygens (including phenoxy) is 4. The Labute approximate surface area is 146 Å². The lowest BCUT2D eigenvalue weighted by Crippen LogP contribution is -2.12. The van der Waals surface area contributed by atoms with Crippen LogP contribution in [0.3, 0.4) is 0 Å². The van der Waals surface area contributed by atoms with Gasteiger partial charge in [-0.05, 0) is 37.3 Å². The number of carbonyl (C=O) groups is 1. The number of nitrogens with one attached hydrogen (secondary N) is 1. The lowest BCUT2D eigenvalue weighted by molar-refractivity contribution is 0.102. The third kappa shape index (κ3) is 3.96. The number of fused-ring (bicyclic) bond motifs is 1. The van der Waals surface area contributed by atoms with Gasteiger partial charge in [0.1, 0.15) is 0 Å². The van der Waals surface area contributed by atoms with Gasteiger partial charge in [0, 0.05) is 23.7 Å². The van der Waals surface area contributed by atoms with E-state index in [1.165, 1.54) is 0 Å². The van der Waals surface area contributed by atoms with Gasteiger partial charge in [-0.2, -0.15) is 0 Å². The van der Waals surface area contributed by atoms with Crippen molar-refractivity contribution in [3.8, 4) is 23.0 Å². The summed E-state index contributed by atoms with van der Waals surface area (Å²) in [5, 5.41) is 2.86. The predicted octanol–water partition coefficient (Wildman–Crippen LogP) is 3.51. The highest BCUT2D eigenvalue weighted by molar-refractivity contribution is 6.04. The molecule has 6 nitrogen and oxygen atoms in total. The van der Waals surface area contributed by atoms with E-state index in [1.54, 1.807) is 43.5 Å². The molecule has 0 saturated carbocycles. The van der Waals surface area contributed by atoms with Crippen LogP contribution >= 0.6 is 0 Å². The number of anilines is 1. The Morgan fingerprint density at radius 2 is 1.88 bits per heavy atom. The van der Waals surface area contributed by atoms with Crippen molar-refractivity contribution in [3.05, 3.63) is 42.0 Å². The first-order chi connectivity index (χ1) is 12.2. The van der Waals surface area contributed by atoms with Crippen LogP contribution in [-0.4, -0.2) is 32.8 Å². The van der Waals surface area contributed by atoms with Gasteiger partial charge in [0.2, 0.25) is 0 Å². The Bertz CT molecular complexity index is 759. The third-order valence-electron chi connectivity index (χ3n) is 3.73. The zero-order valence-electron chi connectivity index (χ0n) is 14.3. The Morgan fingerprint density at radius 3 is 2.64 bits per heavy atom. The molecule has 25 heavy (non-hydrogen) atoms. The summed E-state index contributed by atoms with van der Waals surface area (Å²) in [5.41, 5.74) is 1.12. The van der Waals surface area contributed by atoms with Gasteiger partial charge in [0.15, 0.2) is 23.0 Å². The molecule has 1 heterocycles. The Hall–Kier alpha value is -2.89. The predicted molar refractivity (Wildman–Crippen MR) is 94.2 cm³/mol. The highest BCUT2D eigenvalue weighted by atomic mass is 16.5. The van der Waals surface area contributed by atoms with E-state index in [1.807, 2.05) is 6.92 Å². The molecule has 2 aromatic carbocycles. The fourth-order valence-electron chi connectivity index (χ4n) is 2.53. The Kier molecular flexibility index (Phi) is 5.28. The van der Waals surface area contributed by atoms with Gasteiger partial charge < -0.3 is 24.3 Å². The monoisotopic (exact) mass is 343 g/mol. The summed E-state index contributed by atoms with van der Waals surface area (Å²) in [6.07, 6.45) is 0.836. The summed E-state index contributed by atoms with van der Waals surface area (Å²) in [6, 6.07) is 10.4. The molecule has 132 valence electrons. The van der Waals surface area contributed by atoms with Gasteiger partial charge >= 0.3 is 0 Å². The number of hydrogen-bond acceptors (Lipinski definition) is 5. The van der Waals surface area contributed by atoms with Crippen molar-refractivity contribution in [2.75, 3.05) is 32.2 Å². The molecule has 0 atom stereocenters. The van der Waals surface area contributed by atoms with E-state index in [0.717, 1.165) is 6.42 Å². The SMILES string of the molecule is CCOc1ccc(C(=O)Nc2ccc3c(c2)OCCCO3)cc1OC. The summed E-state index contributed by atoms with van der Waals surface area (Å²) in [6.45, 7) is 3.65. The molecule has 3 rings (SSSR count). The first-order valence-corrected chi connectivity index (χ1v) is 8.23. The number of hydrogen-bond donors (Lipinski definition) is 1. The molecule has 0 saturated heterocycles. The molecule has 2 aromatic rings. The minimum atomic E-state index is -0.240. The third-order valence-corrected chi connectivity index (χ3v) is 3.73. The molecule has 1 N–H and O–H groups in total. The Morgan fingerprint density at radius 1 is 1.08 bits per heavy atom. The first-order valence-electron chi connectivity index (χ1n) is 8.23. The van der Waals surface area contributed by atoms with Crippen molar-refractivity contribution >= 4 is 11.6 Å². The molecule has 6 heteroatoms. The summed E-state index contributed by atoms with van der Waals surface area (Å²) >= 11 is 0. The average Bonchev–Trinajstić information content (AvgIpc) is 2.87. The topological polar surface area (TPSA) is 66.0 Å². The number of rotatable bonds is 5. The van der Waals surface area contributed by atoms with E-state index < -0.39 is 0 Å². The maximum absolute atomic E-state index is 12.5. The standard InChI is InChI=1S/C19H21NO5/c1-3-23-15-7-5-13(11-17(15)22-2)19(21)20-14-6-8-16-18(12-14)25-10-4-9-24-16/h5-8,11-12H,3-4,9-10H2,1-2H3,(H,20,21). The van der Waals surface area contributed by atoms with Gasteiger partial charge in [-0.25, -0.2) is 0 Å². The van der Waals surface area contributed by atoms with E-state index in [9.17, 15) is 4.79 Å². The van der Waals surface area contributed by atoms with Crippen LogP contribution in [0.25, 0.3) is 0 Å². The smallest absolute Gasteiger partial charge is 0.255 e. The molecular formula is C19H21NO5. The van der Waals surface area contributed by atoms with Crippen LogP contribution in [-0.2, 0) is 0 Å². The molecule has 0 spiro atoms. The van der Waals surface area contributed by atoms with E-state index in [0.29, 0.717) is 54.1 Å². The second-order valence-electron chi connectivity index (χ2n) is 5.46. The summed E-state index contributed by atoms with van der Waals surface area (Å²) in [4.78, 5) is 12.5. The van der Waals surface area contributed by atoms with Gasteiger partial charge in [-0.3, -0.25) is 4.79 Å². The fourth-order valence-corrected chi connectivity index (χ4v) is 2.53. The average molecular weight is 343 g/mol. The van der Waals surface area contributed by atoms with Crippen molar-refractivity contribution in [3.63, 3.8) is 0 Å². The molecule has 1 amide bonds. The van der Waals surface area contributed by atoms with E-state index >= 15 is 0 Å². The highest BCUT2D eigenvalue weighted by Crippen LogP contribution is 2.33. The quantitative estimate of drug-likeness (QED) is 0.900. The lowest BCUT2D eigenvalue weighted by atomic mass is 10.1. The molecule has 0 unspecified atom stereocenters. The molecule has 1 aliphatic heterocycles. The van der Waals surface area contributed by atoms with Crippen molar-refractivity contribution in [1.29, 1.82) is 0 Å². The lowest BCUT2D eigenvalue weighted by Gasteiger charge is -2.12. The van der Waals surface area contributed by atoms with Crippen LogP contribution in [0, 0.1) is 0 Å². The Balaban J connectivity index is 1.77. The molecular weight excluding hydrogens is 322 g/mol. The van der Waals surface area contributed by atoms with Crippen LogP contribution < -0.4 is 24.3 Å². The van der Waals surface area contributed by atoms with Gasteiger partial charge in [-0.1, -0.05) is 0 Å². The number of amides is 1. The molecule has 0 bridgehead atoms. The summed E-state index contributed by atoms with van der Waals surface area (Å²) in [5.74, 6) is 2.22. The maximum atomic E-state index is 12.5. The molecule has 0 radical (unpaired) electrons. The van der Waals surface area contributed by atoms with Crippen molar-refractivity contribution in [1.82, 2.24) is 0 Å². The van der Waals surface area contributed by atoms with Crippen LogP contribution in [0.2, 0.25) is 0 Å². The van der Waals surface area contributed by atoms with E-state index in [4.69, 9.17) is 18.9 Å². The number of carbonyl (C=O) groups excluding carboxylic acids is 1. The van der Waals surface area contributed by atoms with Crippen LogP contribution in [0.5, 0.6) is 23.0 Å².